The Kier molecular flexibility index (Phi) is 4.21. The third-order valence-electron chi connectivity index (χ3n) is 4.30. The highest BCUT2D eigenvalue weighted by molar-refractivity contribution is 5.92. The van der Waals surface area contributed by atoms with E-state index in [0.717, 1.165) is 11.4 Å². The van der Waals surface area contributed by atoms with E-state index < -0.39 is 6.10 Å². The Morgan fingerprint density at radius 1 is 1.48 bits per heavy atom. The number of nitrogens with zero attached hydrogens (tertiary/aromatic N) is 4. The van der Waals surface area contributed by atoms with Crippen LogP contribution >= 0.6 is 0 Å². The average molecular weight is 317 g/mol. The zero-order chi connectivity index (χ0) is 16.6. The zero-order valence-corrected chi connectivity index (χ0v) is 13.7. The fourth-order valence-electron chi connectivity index (χ4n) is 3.13. The smallest absolute Gasteiger partial charge is 0.272 e. The van der Waals surface area contributed by atoms with Crippen molar-refractivity contribution in [1.29, 1.82) is 0 Å². The van der Waals surface area contributed by atoms with Crippen LogP contribution in [0, 0.1) is 12.8 Å². The molecular formula is C16H23N5O2. The topological polar surface area (TPSA) is 87.0 Å². The van der Waals surface area contributed by atoms with E-state index in [0.29, 0.717) is 25.2 Å². The first-order chi connectivity index (χ1) is 11.0. The van der Waals surface area contributed by atoms with Crippen LogP contribution in [0.5, 0.6) is 0 Å². The molecule has 0 aromatic carbocycles. The highest BCUT2D eigenvalue weighted by Crippen LogP contribution is 2.23. The lowest BCUT2D eigenvalue weighted by molar-refractivity contribution is 0.0750. The molecule has 2 aromatic heterocycles. The molecule has 2 aromatic rings. The van der Waals surface area contributed by atoms with E-state index in [4.69, 9.17) is 0 Å². The summed E-state index contributed by atoms with van der Waals surface area (Å²) in [4.78, 5) is 14.4. The van der Waals surface area contributed by atoms with Gasteiger partial charge in [0.05, 0.1) is 11.8 Å². The first-order valence-electron chi connectivity index (χ1n) is 7.97. The van der Waals surface area contributed by atoms with E-state index in [2.05, 4.69) is 15.3 Å². The molecule has 124 valence electrons. The Labute approximate surface area is 135 Å². The molecule has 3 heterocycles. The van der Waals surface area contributed by atoms with Crippen LogP contribution in [0.25, 0.3) is 0 Å². The lowest BCUT2D eigenvalue weighted by Gasteiger charge is -2.18. The number of nitrogens with one attached hydrogen (secondary N) is 1. The molecule has 2 unspecified atom stereocenters. The number of β-amino-alcohol motifs (C(OH)–C–C–N with tert-alkyl or cyclic N) is 1. The van der Waals surface area contributed by atoms with Crippen LogP contribution in [0.4, 0.5) is 0 Å². The summed E-state index contributed by atoms with van der Waals surface area (Å²) in [6.07, 6.45) is 1.79. The molecule has 1 aliphatic rings. The van der Waals surface area contributed by atoms with Crippen molar-refractivity contribution in [3.05, 3.63) is 35.4 Å². The van der Waals surface area contributed by atoms with Gasteiger partial charge in [0.25, 0.3) is 5.91 Å². The van der Waals surface area contributed by atoms with Gasteiger partial charge < -0.3 is 10.0 Å². The monoisotopic (exact) mass is 317 g/mol. The number of likely N-dealkylation sites (tertiary alicyclic amines) is 1. The van der Waals surface area contributed by atoms with E-state index in [-0.39, 0.29) is 17.9 Å². The Bertz CT molecular complexity index is 690. The summed E-state index contributed by atoms with van der Waals surface area (Å²) < 4.78 is 1.72. The zero-order valence-electron chi connectivity index (χ0n) is 13.7. The van der Waals surface area contributed by atoms with E-state index in [1.807, 2.05) is 26.8 Å². The molecule has 0 saturated carbocycles. The number of aromatic amines is 1. The second kappa shape index (κ2) is 6.16. The summed E-state index contributed by atoms with van der Waals surface area (Å²) >= 11 is 0. The predicted molar refractivity (Wildman–Crippen MR) is 85.0 cm³/mol. The summed E-state index contributed by atoms with van der Waals surface area (Å²) in [5.41, 5.74) is 2.50. The number of rotatable bonds is 4. The van der Waals surface area contributed by atoms with Gasteiger partial charge in [0.1, 0.15) is 5.69 Å². The Morgan fingerprint density at radius 2 is 2.26 bits per heavy atom. The number of amides is 1. The highest BCUT2D eigenvalue weighted by Gasteiger charge is 2.35. The minimum absolute atomic E-state index is 0.0112. The minimum Gasteiger partial charge on any atom is -0.391 e. The first-order valence-corrected chi connectivity index (χ1v) is 7.97. The van der Waals surface area contributed by atoms with E-state index >= 15 is 0 Å². The van der Waals surface area contributed by atoms with Crippen molar-refractivity contribution < 1.29 is 9.90 Å². The number of H-pyrrole nitrogens is 1. The number of hydrogen-bond donors (Lipinski definition) is 2. The minimum atomic E-state index is -0.522. The molecule has 0 spiro atoms. The van der Waals surface area contributed by atoms with Gasteiger partial charge >= 0.3 is 0 Å². The van der Waals surface area contributed by atoms with Gasteiger partial charge in [0, 0.05) is 36.9 Å². The summed E-state index contributed by atoms with van der Waals surface area (Å²) in [5, 5.41) is 21.6. The number of aliphatic hydroxyl groups is 1. The molecule has 3 rings (SSSR count). The number of aryl methyl sites for hydroxylation is 1. The molecule has 0 bridgehead atoms. The van der Waals surface area contributed by atoms with Gasteiger partial charge in [-0.3, -0.25) is 14.6 Å². The number of aliphatic hydroxyl groups excluding tert-OH is 1. The van der Waals surface area contributed by atoms with Crippen molar-refractivity contribution in [3.63, 3.8) is 0 Å². The fraction of sp³-hybridized carbons (Fsp3) is 0.562. The van der Waals surface area contributed by atoms with Crippen LogP contribution in [0.3, 0.4) is 0 Å². The van der Waals surface area contributed by atoms with Gasteiger partial charge in [0.2, 0.25) is 0 Å². The van der Waals surface area contributed by atoms with Crippen molar-refractivity contribution in [2.24, 2.45) is 5.92 Å². The van der Waals surface area contributed by atoms with Crippen molar-refractivity contribution in [2.75, 3.05) is 13.1 Å². The van der Waals surface area contributed by atoms with Gasteiger partial charge in [-0.05, 0) is 39.3 Å². The molecular weight excluding hydrogens is 294 g/mol. The number of carbonyl (C=O) groups excluding carboxylic acids is 1. The van der Waals surface area contributed by atoms with Crippen molar-refractivity contribution in [3.8, 4) is 0 Å². The van der Waals surface area contributed by atoms with Gasteiger partial charge in [-0.2, -0.15) is 10.2 Å². The second-order valence-electron chi connectivity index (χ2n) is 6.54. The highest BCUT2D eigenvalue weighted by atomic mass is 16.3. The third-order valence-corrected chi connectivity index (χ3v) is 4.30. The molecule has 7 nitrogen and oxygen atoms in total. The van der Waals surface area contributed by atoms with E-state index in [1.54, 1.807) is 21.8 Å². The molecule has 2 atom stereocenters. The van der Waals surface area contributed by atoms with Crippen LogP contribution in [0.1, 0.15) is 41.8 Å². The van der Waals surface area contributed by atoms with Crippen LogP contribution in [-0.2, 0) is 6.42 Å². The lowest BCUT2D eigenvalue weighted by atomic mass is 10.0. The molecule has 0 aliphatic carbocycles. The standard InChI is InChI=1S/C16H23N5O2/c1-10(2)21-14(4-5-17-21)16(23)20-8-12(15(22)9-20)7-13-6-11(3)18-19-13/h4-6,10,12,15,22H,7-9H2,1-3H3,(H,18,19). The molecule has 1 saturated heterocycles. The number of carbonyl (C=O) groups is 1. The number of hydrogen-bond acceptors (Lipinski definition) is 4. The summed E-state index contributed by atoms with van der Waals surface area (Å²) in [7, 11) is 0. The Hall–Kier alpha value is -2.15. The molecule has 1 fully saturated rings. The summed E-state index contributed by atoms with van der Waals surface area (Å²) in [5.74, 6) is -0.0620. The van der Waals surface area contributed by atoms with Crippen molar-refractivity contribution in [2.45, 2.75) is 39.3 Å². The van der Waals surface area contributed by atoms with Gasteiger partial charge in [0.15, 0.2) is 0 Å². The average Bonchev–Trinajstić information content (AvgIpc) is 3.20. The van der Waals surface area contributed by atoms with Gasteiger partial charge in [-0.15, -0.1) is 0 Å². The van der Waals surface area contributed by atoms with E-state index in [1.165, 1.54) is 0 Å². The normalized spacial score (nSPS) is 21.3. The fourth-order valence-corrected chi connectivity index (χ4v) is 3.13. The van der Waals surface area contributed by atoms with Gasteiger partial charge in [-0.1, -0.05) is 0 Å². The molecule has 1 amide bonds. The SMILES string of the molecule is Cc1cc(CC2CN(C(=O)c3ccnn3C(C)C)CC2O)n[nH]1. The Morgan fingerprint density at radius 3 is 2.91 bits per heavy atom. The van der Waals surface area contributed by atoms with Crippen LogP contribution in [-0.4, -0.2) is 55.1 Å². The molecule has 0 radical (unpaired) electrons. The lowest BCUT2D eigenvalue weighted by Crippen LogP contribution is -2.31. The van der Waals surface area contributed by atoms with Crippen LogP contribution in [0.2, 0.25) is 0 Å². The molecule has 7 heteroatoms. The van der Waals surface area contributed by atoms with E-state index in [9.17, 15) is 9.90 Å². The van der Waals surface area contributed by atoms with Crippen molar-refractivity contribution in [1.82, 2.24) is 24.9 Å². The number of aromatic nitrogens is 4. The molecule has 1 aliphatic heterocycles. The van der Waals surface area contributed by atoms with Crippen molar-refractivity contribution >= 4 is 5.91 Å². The predicted octanol–water partition coefficient (Wildman–Crippen LogP) is 1.17. The maximum Gasteiger partial charge on any atom is 0.272 e. The Balaban J connectivity index is 1.70. The third kappa shape index (κ3) is 3.14. The van der Waals surface area contributed by atoms with Gasteiger partial charge in [-0.25, -0.2) is 0 Å². The molecule has 2 N–H and O–H groups in total. The van der Waals surface area contributed by atoms with Crippen LogP contribution < -0.4 is 0 Å². The quantitative estimate of drug-likeness (QED) is 0.886. The summed E-state index contributed by atoms with van der Waals surface area (Å²) in [6.45, 7) is 6.83. The maximum absolute atomic E-state index is 12.7. The second-order valence-corrected chi connectivity index (χ2v) is 6.54. The molecule has 23 heavy (non-hydrogen) atoms. The maximum atomic E-state index is 12.7. The summed E-state index contributed by atoms with van der Waals surface area (Å²) in [6, 6.07) is 3.84. The first kappa shape index (κ1) is 15.7. The largest absolute Gasteiger partial charge is 0.391 e. The van der Waals surface area contributed by atoms with Crippen LogP contribution in [0.15, 0.2) is 18.3 Å².